The van der Waals surface area contributed by atoms with E-state index in [2.05, 4.69) is 62.2 Å². The van der Waals surface area contributed by atoms with E-state index >= 15 is 0 Å². The molecule has 0 aliphatic carbocycles. The maximum atomic E-state index is 3.39. The number of H-pyrrole nitrogens is 1. The third-order valence-electron chi connectivity index (χ3n) is 3.44. The summed E-state index contributed by atoms with van der Waals surface area (Å²) in [6, 6.07) is 13.4. The Morgan fingerprint density at radius 3 is 2.53 bits per heavy atom. The Morgan fingerprint density at radius 1 is 0.941 bits per heavy atom. The number of hydrogen-bond acceptors (Lipinski definition) is 0. The number of nitrogens with one attached hydrogen (secondary N) is 1. The van der Waals surface area contributed by atoms with Crippen molar-refractivity contribution in [1.29, 1.82) is 0 Å². The van der Waals surface area contributed by atoms with E-state index in [-0.39, 0.29) is 0 Å². The molecule has 0 amide bonds. The molecule has 0 saturated heterocycles. The molecule has 0 spiro atoms. The van der Waals surface area contributed by atoms with Crippen LogP contribution >= 0.6 is 0 Å². The highest BCUT2D eigenvalue weighted by atomic mass is 14.7. The van der Waals surface area contributed by atoms with Gasteiger partial charge in [0.1, 0.15) is 0 Å². The van der Waals surface area contributed by atoms with Gasteiger partial charge in [-0.1, -0.05) is 38.1 Å². The van der Waals surface area contributed by atoms with Gasteiger partial charge in [0.25, 0.3) is 0 Å². The predicted octanol–water partition coefficient (Wildman–Crippen LogP) is 4.75. The second-order valence-electron chi connectivity index (χ2n) is 5.11. The zero-order valence-corrected chi connectivity index (χ0v) is 10.5. The molecule has 0 fully saturated rings. The van der Waals surface area contributed by atoms with Crippen molar-refractivity contribution in [3.63, 3.8) is 0 Å². The average molecular weight is 223 g/mol. The number of rotatable bonds is 1. The number of fused-ring (bicyclic) bond motifs is 3. The van der Waals surface area contributed by atoms with Crippen LogP contribution in [0.2, 0.25) is 0 Å². The third-order valence-corrected chi connectivity index (χ3v) is 3.44. The minimum absolute atomic E-state index is 0.586. The van der Waals surface area contributed by atoms with E-state index in [9.17, 15) is 0 Å². The van der Waals surface area contributed by atoms with Crippen molar-refractivity contribution < 1.29 is 0 Å². The van der Waals surface area contributed by atoms with Gasteiger partial charge in [0.05, 0.1) is 0 Å². The van der Waals surface area contributed by atoms with Crippen molar-refractivity contribution >= 4 is 21.7 Å². The van der Waals surface area contributed by atoms with Crippen LogP contribution in [-0.2, 0) is 0 Å². The van der Waals surface area contributed by atoms with Crippen molar-refractivity contribution in [2.24, 2.45) is 0 Å². The van der Waals surface area contributed by atoms with Crippen LogP contribution in [0.15, 0.2) is 36.4 Å². The van der Waals surface area contributed by atoms with Crippen LogP contribution < -0.4 is 0 Å². The fourth-order valence-corrected chi connectivity index (χ4v) is 2.46. The molecule has 0 radical (unpaired) electrons. The third kappa shape index (κ3) is 1.62. The van der Waals surface area contributed by atoms with Gasteiger partial charge in [-0.2, -0.15) is 0 Å². The molecular formula is C16H17N. The van der Waals surface area contributed by atoms with Gasteiger partial charge in [0.15, 0.2) is 0 Å². The fraction of sp³-hybridized carbons (Fsp3) is 0.250. The van der Waals surface area contributed by atoms with Gasteiger partial charge in [-0.15, -0.1) is 0 Å². The SMILES string of the molecule is Cc1cc2c(ccc3cc(C(C)C)ccc32)[nH]1. The minimum atomic E-state index is 0.586. The summed E-state index contributed by atoms with van der Waals surface area (Å²) >= 11 is 0. The molecule has 1 nitrogen and oxygen atoms in total. The lowest BCUT2D eigenvalue weighted by atomic mass is 9.98. The maximum absolute atomic E-state index is 3.39. The second-order valence-corrected chi connectivity index (χ2v) is 5.11. The van der Waals surface area contributed by atoms with Crippen molar-refractivity contribution in [2.75, 3.05) is 0 Å². The quantitative estimate of drug-likeness (QED) is 0.612. The Morgan fingerprint density at radius 2 is 1.76 bits per heavy atom. The van der Waals surface area contributed by atoms with Crippen molar-refractivity contribution in [1.82, 2.24) is 4.98 Å². The summed E-state index contributed by atoms with van der Waals surface area (Å²) in [6.07, 6.45) is 0. The molecule has 17 heavy (non-hydrogen) atoms. The van der Waals surface area contributed by atoms with E-state index in [0.717, 1.165) is 0 Å². The van der Waals surface area contributed by atoms with Crippen LogP contribution in [-0.4, -0.2) is 4.98 Å². The molecule has 0 aliphatic rings. The summed E-state index contributed by atoms with van der Waals surface area (Å²) in [5, 5.41) is 4.01. The molecule has 1 aromatic heterocycles. The number of hydrogen-bond donors (Lipinski definition) is 1. The van der Waals surface area contributed by atoms with Crippen molar-refractivity contribution in [3.8, 4) is 0 Å². The molecule has 1 heterocycles. The molecule has 2 aromatic carbocycles. The Labute approximate surface area is 101 Å². The molecule has 0 aliphatic heterocycles. The van der Waals surface area contributed by atoms with Gasteiger partial charge in [-0.3, -0.25) is 0 Å². The summed E-state index contributed by atoms with van der Waals surface area (Å²) in [5.74, 6) is 0.586. The van der Waals surface area contributed by atoms with E-state index in [1.54, 1.807) is 0 Å². The first kappa shape index (κ1) is 10.4. The highest BCUT2D eigenvalue weighted by molar-refractivity contribution is 6.06. The molecule has 3 aromatic rings. The largest absolute Gasteiger partial charge is 0.359 e. The minimum Gasteiger partial charge on any atom is -0.359 e. The maximum Gasteiger partial charge on any atom is 0.0462 e. The Hall–Kier alpha value is -1.76. The van der Waals surface area contributed by atoms with Crippen LogP contribution in [0, 0.1) is 6.92 Å². The Bertz CT molecular complexity index is 689. The van der Waals surface area contributed by atoms with Gasteiger partial charge in [0.2, 0.25) is 0 Å². The second kappa shape index (κ2) is 3.63. The molecule has 0 unspecified atom stereocenters. The first-order valence-electron chi connectivity index (χ1n) is 6.17. The molecule has 3 rings (SSSR count). The van der Waals surface area contributed by atoms with Gasteiger partial charge in [-0.25, -0.2) is 0 Å². The lowest BCUT2D eigenvalue weighted by molar-refractivity contribution is 0.869. The topological polar surface area (TPSA) is 15.8 Å². The normalized spacial score (nSPS) is 11.8. The van der Waals surface area contributed by atoms with E-state index in [1.165, 1.54) is 32.9 Å². The van der Waals surface area contributed by atoms with Crippen molar-refractivity contribution in [2.45, 2.75) is 26.7 Å². The first-order valence-corrected chi connectivity index (χ1v) is 6.17. The zero-order chi connectivity index (χ0) is 12.0. The smallest absolute Gasteiger partial charge is 0.0462 e. The van der Waals surface area contributed by atoms with Gasteiger partial charge in [-0.05, 0) is 41.3 Å². The first-order chi connectivity index (χ1) is 8.15. The molecule has 1 N–H and O–H groups in total. The predicted molar refractivity (Wildman–Crippen MR) is 74.6 cm³/mol. The van der Waals surface area contributed by atoms with Gasteiger partial charge in [0, 0.05) is 16.6 Å². The van der Waals surface area contributed by atoms with Crippen LogP contribution in [0.25, 0.3) is 21.7 Å². The number of aromatic amines is 1. The van der Waals surface area contributed by atoms with Gasteiger partial charge >= 0.3 is 0 Å². The summed E-state index contributed by atoms with van der Waals surface area (Å²) in [5.41, 5.74) is 3.86. The summed E-state index contributed by atoms with van der Waals surface area (Å²) in [6.45, 7) is 6.58. The lowest BCUT2D eigenvalue weighted by Gasteiger charge is -2.07. The number of aromatic nitrogens is 1. The summed E-state index contributed by atoms with van der Waals surface area (Å²) in [7, 11) is 0. The van der Waals surface area contributed by atoms with Crippen LogP contribution in [0.3, 0.4) is 0 Å². The average Bonchev–Trinajstić information content (AvgIpc) is 2.69. The van der Waals surface area contributed by atoms with Gasteiger partial charge < -0.3 is 4.98 Å². The monoisotopic (exact) mass is 223 g/mol. The highest BCUT2D eigenvalue weighted by Crippen LogP contribution is 2.28. The Balaban J connectivity index is 2.36. The zero-order valence-electron chi connectivity index (χ0n) is 10.5. The molecule has 1 heteroatoms. The molecule has 0 atom stereocenters. The standard InChI is InChI=1S/C16H17N/c1-10(2)12-4-6-14-13(9-12)5-7-16-15(14)8-11(3)17-16/h4-10,17H,1-3H3. The Kier molecular flexibility index (Phi) is 2.22. The molecule has 86 valence electrons. The molecular weight excluding hydrogens is 206 g/mol. The van der Waals surface area contributed by atoms with Crippen molar-refractivity contribution in [3.05, 3.63) is 47.7 Å². The number of aryl methyl sites for hydroxylation is 1. The molecule has 0 bridgehead atoms. The van der Waals surface area contributed by atoms with E-state index in [4.69, 9.17) is 0 Å². The van der Waals surface area contributed by atoms with Crippen LogP contribution in [0.1, 0.15) is 31.0 Å². The van der Waals surface area contributed by atoms with Crippen LogP contribution in [0.5, 0.6) is 0 Å². The fourth-order valence-electron chi connectivity index (χ4n) is 2.46. The van der Waals surface area contributed by atoms with E-state index in [1.807, 2.05) is 0 Å². The summed E-state index contributed by atoms with van der Waals surface area (Å²) in [4.78, 5) is 3.39. The highest BCUT2D eigenvalue weighted by Gasteiger charge is 2.05. The number of benzene rings is 2. The summed E-state index contributed by atoms with van der Waals surface area (Å²) < 4.78 is 0. The lowest BCUT2D eigenvalue weighted by Crippen LogP contribution is -1.86. The molecule has 0 saturated carbocycles. The van der Waals surface area contributed by atoms with E-state index in [0.29, 0.717) is 5.92 Å². The van der Waals surface area contributed by atoms with Crippen LogP contribution in [0.4, 0.5) is 0 Å². The van der Waals surface area contributed by atoms with E-state index < -0.39 is 0 Å².